The Morgan fingerprint density at radius 2 is 1.89 bits per heavy atom. The van der Waals surface area contributed by atoms with Crippen molar-refractivity contribution in [3.8, 4) is 22.5 Å². The van der Waals surface area contributed by atoms with Crippen molar-refractivity contribution in [3.63, 3.8) is 0 Å². The van der Waals surface area contributed by atoms with E-state index in [2.05, 4.69) is 42.6 Å². The predicted molar refractivity (Wildman–Crippen MR) is 107 cm³/mol. The van der Waals surface area contributed by atoms with Crippen LogP contribution in [0, 0.1) is 0 Å². The Hall–Kier alpha value is -3.00. The number of aromatic nitrogens is 5. The fourth-order valence-electron chi connectivity index (χ4n) is 4.44. The highest BCUT2D eigenvalue weighted by molar-refractivity contribution is 5.64. The predicted octanol–water partition coefficient (Wildman–Crippen LogP) is 1.94. The number of anilines is 1. The number of nitrogens with one attached hydrogen (secondary N) is 3. The highest BCUT2D eigenvalue weighted by Gasteiger charge is 2.35. The smallest absolute Gasteiger partial charge is 0.256 e. The topological polar surface area (TPSA) is 103 Å². The van der Waals surface area contributed by atoms with E-state index in [1.165, 1.54) is 12.8 Å². The third-order valence-corrected chi connectivity index (χ3v) is 6.00. The van der Waals surface area contributed by atoms with E-state index < -0.39 is 0 Å². The molecule has 0 aliphatic carbocycles. The summed E-state index contributed by atoms with van der Waals surface area (Å²) in [6, 6.07) is 9.29. The van der Waals surface area contributed by atoms with Crippen LogP contribution in [0.25, 0.3) is 22.5 Å². The Morgan fingerprint density at radius 1 is 1.07 bits per heavy atom. The van der Waals surface area contributed by atoms with Gasteiger partial charge in [0.05, 0.1) is 17.5 Å². The second kappa shape index (κ2) is 6.87. The lowest BCUT2D eigenvalue weighted by molar-refractivity contribution is 0.353. The van der Waals surface area contributed by atoms with Gasteiger partial charge in [-0.25, -0.2) is 0 Å². The summed E-state index contributed by atoms with van der Waals surface area (Å²) in [5, 5.41) is 19.1. The summed E-state index contributed by atoms with van der Waals surface area (Å²) in [5.41, 5.74) is 2.46. The lowest BCUT2D eigenvalue weighted by atomic mass is 9.98. The van der Waals surface area contributed by atoms with Crippen molar-refractivity contribution in [3.05, 3.63) is 47.0 Å². The minimum absolute atomic E-state index is 0.174. The van der Waals surface area contributed by atoms with Gasteiger partial charge in [-0.1, -0.05) is 0 Å². The van der Waals surface area contributed by atoms with Gasteiger partial charge in [0, 0.05) is 36.9 Å². The van der Waals surface area contributed by atoms with Crippen LogP contribution < -0.4 is 15.8 Å². The van der Waals surface area contributed by atoms with Gasteiger partial charge in [0.15, 0.2) is 5.82 Å². The van der Waals surface area contributed by atoms with Crippen LogP contribution in [0.5, 0.6) is 0 Å². The molecule has 2 fully saturated rings. The van der Waals surface area contributed by atoms with Crippen molar-refractivity contribution in [2.45, 2.75) is 43.8 Å². The molecule has 0 spiro atoms. The first kappa shape index (κ1) is 17.1. The number of piperidine rings is 1. The molecular formula is C20H23N7O. The quantitative estimate of drug-likeness (QED) is 0.642. The van der Waals surface area contributed by atoms with Crippen LogP contribution in [0.4, 0.5) is 5.82 Å². The van der Waals surface area contributed by atoms with E-state index >= 15 is 0 Å². The summed E-state index contributed by atoms with van der Waals surface area (Å²) in [5.74, 6) is 0.868. The van der Waals surface area contributed by atoms with Gasteiger partial charge in [0.1, 0.15) is 5.69 Å². The summed E-state index contributed by atoms with van der Waals surface area (Å²) in [7, 11) is 2.10. The summed E-state index contributed by atoms with van der Waals surface area (Å²) in [6.07, 6.45) is 8.19. The van der Waals surface area contributed by atoms with Crippen LogP contribution in [-0.2, 0) is 0 Å². The molecule has 0 radical (unpaired) electrons. The molecule has 3 aromatic heterocycles. The number of pyridine rings is 1. The standard InChI is InChI=1S/C20H23N7O/c1-27(15-8-13-2-3-14(9-15)23-13)19-7-6-18(25-26-19)17-5-4-16(20(28)24-17)12-10-21-22-11-12/h4-7,10-11,13-15,23H,2-3,8-9H2,1H3,(H,21,22)(H,24,28)/t13-,14+,15?. The zero-order valence-corrected chi connectivity index (χ0v) is 15.7. The number of hydrogen-bond donors (Lipinski definition) is 3. The summed E-state index contributed by atoms with van der Waals surface area (Å²) < 4.78 is 0. The molecule has 144 valence electrons. The van der Waals surface area contributed by atoms with E-state index in [1.54, 1.807) is 18.5 Å². The average Bonchev–Trinajstić information content (AvgIpc) is 3.37. The molecule has 3 atom stereocenters. The Kier molecular flexibility index (Phi) is 4.20. The third-order valence-electron chi connectivity index (χ3n) is 6.00. The van der Waals surface area contributed by atoms with Crippen molar-refractivity contribution >= 4 is 5.82 Å². The van der Waals surface area contributed by atoms with Crippen LogP contribution >= 0.6 is 0 Å². The normalized spacial score (nSPS) is 23.7. The first-order valence-electron chi connectivity index (χ1n) is 9.73. The van der Waals surface area contributed by atoms with Gasteiger partial charge in [0.25, 0.3) is 5.56 Å². The van der Waals surface area contributed by atoms with E-state index in [4.69, 9.17) is 0 Å². The summed E-state index contributed by atoms with van der Waals surface area (Å²) >= 11 is 0. The van der Waals surface area contributed by atoms with Crippen molar-refractivity contribution in [1.29, 1.82) is 0 Å². The molecule has 2 saturated heterocycles. The molecule has 5 heterocycles. The van der Waals surface area contributed by atoms with E-state index in [0.717, 1.165) is 24.2 Å². The molecular weight excluding hydrogens is 354 g/mol. The zero-order chi connectivity index (χ0) is 19.1. The Labute approximate surface area is 162 Å². The second-order valence-corrected chi connectivity index (χ2v) is 7.75. The SMILES string of the molecule is CN(c1ccc(-c2ccc(-c3cn[nH]c3)c(=O)[nH]2)nn1)C1C[C@H]2CC[C@@H](C1)N2. The van der Waals surface area contributed by atoms with Crippen LogP contribution in [0.3, 0.4) is 0 Å². The molecule has 2 aliphatic heterocycles. The molecule has 0 aromatic carbocycles. The van der Waals surface area contributed by atoms with Crippen molar-refractivity contribution in [2.75, 3.05) is 11.9 Å². The van der Waals surface area contributed by atoms with Gasteiger partial charge in [0.2, 0.25) is 0 Å². The van der Waals surface area contributed by atoms with Gasteiger partial charge in [-0.15, -0.1) is 10.2 Å². The Balaban J connectivity index is 1.35. The lowest BCUT2D eigenvalue weighted by Crippen LogP contribution is -2.47. The molecule has 3 N–H and O–H groups in total. The van der Waals surface area contributed by atoms with E-state index in [1.807, 2.05) is 18.2 Å². The van der Waals surface area contributed by atoms with Gasteiger partial charge in [-0.05, 0) is 49.9 Å². The molecule has 28 heavy (non-hydrogen) atoms. The molecule has 2 bridgehead atoms. The monoisotopic (exact) mass is 377 g/mol. The lowest BCUT2D eigenvalue weighted by Gasteiger charge is -2.36. The number of rotatable bonds is 4. The maximum absolute atomic E-state index is 12.4. The van der Waals surface area contributed by atoms with Crippen molar-refractivity contribution < 1.29 is 0 Å². The van der Waals surface area contributed by atoms with Crippen molar-refractivity contribution in [1.82, 2.24) is 30.7 Å². The minimum atomic E-state index is -0.174. The highest BCUT2D eigenvalue weighted by atomic mass is 16.1. The van der Waals surface area contributed by atoms with E-state index in [-0.39, 0.29) is 5.56 Å². The number of nitrogens with zero attached hydrogens (tertiary/aromatic N) is 4. The van der Waals surface area contributed by atoms with Gasteiger partial charge in [-0.2, -0.15) is 5.10 Å². The van der Waals surface area contributed by atoms with Crippen LogP contribution in [0.1, 0.15) is 25.7 Å². The average molecular weight is 377 g/mol. The molecule has 8 nitrogen and oxygen atoms in total. The highest BCUT2D eigenvalue weighted by Crippen LogP contribution is 2.31. The molecule has 3 aromatic rings. The molecule has 2 aliphatic rings. The van der Waals surface area contributed by atoms with Gasteiger partial charge >= 0.3 is 0 Å². The molecule has 8 heteroatoms. The summed E-state index contributed by atoms with van der Waals surface area (Å²) in [4.78, 5) is 17.5. The van der Waals surface area contributed by atoms with Crippen molar-refractivity contribution in [2.24, 2.45) is 0 Å². The molecule has 1 unspecified atom stereocenters. The summed E-state index contributed by atoms with van der Waals surface area (Å²) in [6.45, 7) is 0. The number of aromatic amines is 2. The zero-order valence-electron chi connectivity index (χ0n) is 15.7. The molecule has 0 saturated carbocycles. The van der Waals surface area contributed by atoms with Gasteiger partial charge in [-0.3, -0.25) is 9.89 Å². The maximum Gasteiger partial charge on any atom is 0.256 e. The van der Waals surface area contributed by atoms with Crippen LogP contribution in [-0.4, -0.2) is 50.6 Å². The maximum atomic E-state index is 12.4. The number of fused-ring (bicyclic) bond motifs is 2. The Morgan fingerprint density at radius 3 is 2.54 bits per heavy atom. The minimum Gasteiger partial charge on any atom is -0.355 e. The van der Waals surface area contributed by atoms with E-state index in [9.17, 15) is 4.79 Å². The number of hydrogen-bond acceptors (Lipinski definition) is 6. The molecule has 5 rings (SSSR count). The largest absolute Gasteiger partial charge is 0.355 e. The molecule has 0 amide bonds. The number of H-pyrrole nitrogens is 2. The third kappa shape index (κ3) is 3.09. The fourth-order valence-corrected chi connectivity index (χ4v) is 4.44. The van der Waals surface area contributed by atoms with Gasteiger partial charge < -0.3 is 15.2 Å². The second-order valence-electron chi connectivity index (χ2n) is 7.75. The van der Waals surface area contributed by atoms with Crippen LogP contribution in [0.15, 0.2) is 41.5 Å². The van der Waals surface area contributed by atoms with Crippen LogP contribution in [0.2, 0.25) is 0 Å². The van der Waals surface area contributed by atoms with E-state index in [0.29, 0.717) is 35.1 Å². The Bertz CT molecular complexity index is 1000. The fraction of sp³-hybridized carbons (Fsp3) is 0.400. The first-order valence-corrected chi connectivity index (χ1v) is 9.73. The first-order chi connectivity index (χ1) is 13.7.